The second-order valence-corrected chi connectivity index (χ2v) is 5.60. The van der Waals surface area contributed by atoms with Crippen molar-refractivity contribution in [1.82, 2.24) is 9.29 Å². The molecule has 0 spiro atoms. The number of methoxy groups -OCH3 is 1. The summed E-state index contributed by atoms with van der Waals surface area (Å²) in [6, 6.07) is 0.892. The van der Waals surface area contributed by atoms with Crippen molar-refractivity contribution in [1.29, 1.82) is 0 Å². The molecule has 1 aromatic rings. The normalized spacial score (nSPS) is 11.6. The maximum Gasteiger partial charge on any atom is 0.306 e. The Hall–Kier alpha value is -1.54. The summed E-state index contributed by atoms with van der Waals surface area (Å²) in [6.07, 6.45) is 1.93. The number of carbonyl (C=O) groups is 1. The Labute approximate surface area is 111 Å². The fraction of sp³-hybridized carbons (Fsp3) is 0.455. The van der Waals surface area contributed by atoms with Gasteiger partial charge in [-0.25, -0.2) is 12.8 Å². The van der Waals surface area contributed by atoms with Gasteiger partial charge < -0.3 is 4.74 Å². The fourth-order valence-electron chi connectivity index (χ4n) is 1.45. The summed E-state index contributed by atoms with van der Waals surface area (Å²) in [6.45, 7) is 1.76. The van der Waals surface area contributed by atoms with Crippen LogP contribution >= 0.6 is 0 Å². The van der Waals surface area contributed by atoms with Crippen LogP contribution in [-0.2, 0) is 19.6 Å². The predicted molar refractivity (Wildman–Crippen MR) is 65.3 cm³/mol. The Morgan fingerprint density at radius 3 is 2.68 bits per heavy atom. The molecule has 0 saturated heterocycles. The number of sulfonamides is 1. The summed E-state index contributed by atoms with van der Waals surface area (Å²) < 4.78 is 42.9. The summed E-state index contributed by atoms with van der Waals surface area (Å²) in [4.78, 5) is 14.3. The Bertz CT molecular complexity index is 547. The number of nitrogens with zero attached hydrogens (tertiary/aromatic N) is 2. The monoisotopic (exact) mass is 290 g/mol. The summed E-state index contributed by atoms with van der Waals surface area (Å²) in [5, 5.41) is 0. The van der Waals surface area contributed by atoms with Gasteiger partial charge in [-0.3, -0.25) is 9.78 Å². The van der Waals surface area contributed by atoms with E-state index in [2.05, 4.69) is 9.72 Å². The van der Waals surface area contributed by atoms with E-state index in [0.717, 1.165) is 22.8 Å². The summed E-state index contributed by atoms with van der Waals surface area (Å²) in [7, 11) is -2.63. The van der Waals surface area contributed by atoms with E-state index < -0.39 is 21.8 Å². The lowest BCUT2D eigenvalue weighted by Gasteiger charge is -2.19. The highest BCUT2D eigenvalue weighted by molar-refractivity contribution is 7.89. The standard InChI is InChI=1S/C11H15FN2O4S/c1-3-14(5-4-11(15)18-2)19(16,17)10-6-9(12)7-13-8-10/h6-8H,3-5H2,1-2H3. The highest BCUT2D eigenvalue weighted by Crippen LogP contribution is 2.15. The van der Waals surface area contributed by atoms with Gasteiger partial charge in [0.15, 0.2) is 0 Å². The second kappa shape index (κ2) is 6.58. The predicted octanol–water partition coefficient (Wildman–Crippen LogP) is 0.794. The van der Waals surface area contributed by atoms with Gasteiger partial charge in [0.1, 0.15) is 10.7 Å². The van der Waals surface area contributed by atoms with E-state index in [-0.39, 0.29) is 24.4 Å². The van der Waals surface area contributed by atoms with Crippen molar-refractivity contribution in [3.8, 4) is 0 Å². The molecule has 0 aliphatic carbocycles. The van der Waals surface area contributed by atoms with Gasteiger partial charge in [-0.05, 0) is 6.07 Å². The molecule has 1 aromatic heterocycles. The zero-order valence-electron chi connectivity index (χ0n) is 10.7. The first-order valence-electron chi connectivity index (χ1n) is 5.59. The molecule has 0 aliphatic heterocycles. The Morgan fingerprint density at radius 2 is 2.16 bits per heavy atom. The second-order valence-electron chi connectivity index (χ2n) is 3.66. The molecular formula is C11H15FN2O4S. The lowest BCUT2D eigenvalue weighted by atomic mass is 10.4. The van der Waals surface area contributed by atoms with Crippen LogP contribution in [0.4, 0.5) is 4.39 Å². The van der Waals surface area contributed by atoms with Crippen LogP contribution < -0.4 is 0 Å². The minimum absolute atomic E-state index is 0.0258. The summed E-state index contributed by atoms with van der Waals surface area (Å²) in [5.41, 5.74) is 0. The molecular weight excluding hydrogens is 275 g/mol. The lowest BCUT2D eigenvalue weighted by molar-refractivity contribution is -0.140. The molecule has 0 saturated carbocycles. The lowest BCUT2D eigenvalue weighted by Crippen LogP contribution is -2.33. The zero-order chi connectivity index (χ0) is 14.5. The molecule has 0 fully saturated rings. The molecule has 0 radical (unpaired) electrons. The van der Waals surface area contributed by atoms with E-state index in [4.69, 9.17) is 0 Å². The molecule has 8 heteroatoms. The van der Waals surface area contributed by atoms with Crippen molar-refractivity contribution in [2.45, 2.75) is 18.2 Å². The molecule has 0 aromatic carbocycles. The van der Waals surface area contributed by atoms with Crippen LogP contribution in [0.5, 0.6) is 0 Å². The van der Waals surface area contributed by atoms with E-state index in [1.54, 1.807) is 6.92 Å². The number of esters is 1. The first-order chi connectivity index (χ1) is 8.91. The van der Waals surface area contributed by atoms with Crippen molar-refractivity contribution in [2.24, 2.45) is 0 Å². The first-order valence-corrected chi connectivity index (χ1v) is 7.03. The fourth-order valence-corrected chi connectivity index (χ4v) is 2.87. The van der Waals surface area contributed by atoms with E-state index in [0.29, 0.717) is 0 Å². The van der Waals surface area contributed by atoms with Crippen LogP contribution in [0.25, 0.3) is 0 Å². The molecule has 1 heterocycles. The summed E-state index contributed by atoms with van der Waals surface area (Å²) >= 11 is 0. The average Bonchev–Trinajstić information content (AvgIpc) is 2.38. The van der Waals surface area contributed by atoms with E-state index in [9.17, 15) is 17.6 Å². The highest BCUT2D eigenvalue weighted by Gasteiger charge is 2.24. The van der Waals surface area contributed by atoms with Crippen LogP contribution in [0.2, 0.25) is 0 Å². The van der Waals surface area contributed by atoms with Crippen LogP contribution in [0, 0.1) is 5.82 Å². The highest BCUT2D eigenvalue weighted by atomic mass is 32.2. The van der Waals surface area contributed by atoms with Gasteiger partial charge in [0, 0.05) is 19.3 Å². The zero-order valence-corrected chi connectivity index (χ0v) is 11.5. The molecule has 1 rings (SSSR count). The first kappa shape index (κ1) is 15.5. The molecule has 0 amide bonds. The van der Waals surface area contributed by atoms with Gasteiger partial charge in [-0.15, -0.1) is 0 Å². The Balaban J connectivity index is 2.93. The van der Waals surface area contributed by atoms with Crippen molar-refractivity contribution in [2.75, 3.05) is 20.2 Å². The number of halogens is 1. The van der Waals surface area contributed by atoms with Crippen molar-refractivity contribution >= 4 is 16.0 Å². The minimum atomic E-state index is -3.85. The number of aromatic nitrogens is 1. The van der Waals surface area contributed by atoms with Gasteiger partial charge in [0.05, 0.1) is 19.7 Å². The quantitative estimate of drug-likeness (QED) is 0.724. The van der Waals surface area contributed by atoms with E-state index >= 15 is 0 Å². The molecule has 106 valence electrons. The maximum absolute atomic E-state index is 13.0. The number of carbonyl (C=O) groups excluding carboxylic acids is 1. The third-order valence-electron chi connectivity index (χ3n) is 2.46. The smallest absolute Gasteiger partial charge is 0.306 e. The van der Waals surface area contributed by atoms with Crippen LogP contribution in [0.1, 0.15) is 13.3 Å². The molecule has 0 atom stereocenters. The van der Waals surface area contributed by atoms with E-state index in [1.165, 1.54) is 7.11 Å². The van der Waals surface area contributed by atoms with E-state index in [1.807, 2.05) is 0 Å². The van der Waals surface area contributed by atoms with Gasteiger partial charge in [-0.2, -0.15) is 4.31 Å². The largest absolute Gasteiger partial charge is 0.469 e. The van der Waals surface area contributed by atoms with Gasteiger partial charge >= 0.3 is 5.97 Å². The molecule has 0 aliphatic rings. The van der Waals surface area contributed by atoms with Crippen molar-refractivity contribution in [3.63, 3.8) is 0 Å². The van der Waals surface area contributed by atoms with Gasteiger partial charge in [0.25, 0.3) is 0 Å². The van der Waals surface area contributed by atoms with Crippen LogP contribution in [-0.4, -0.2) is 43.9 Å². The number of hydrogen-bond acceptors (Lipinski definition) is 5. The SMILES string of the molecule is CCN(CCC(=O)OC)S(=O)(=O)c1cncc(F)c1. The average molecular weight is 290 g/mol. The third kappa shape index (κ3) is 3.97. The molecule has 0 N–H and O–H groups in total. The van der Waals surface area contributed by atoms with Crippen LogP contribution in [0.3, 0.4) is 0 Å². The van der Waals surface area contributed by atoms with Crippen LogP contribution in [0.15, 0.2) is 23.4 Å². The molecule has 6 nitrogen and oxygen atoms in total. The minimum Gasteiger partial charge on any atom is -0.469 e. The molecule has 0 unspecified atom stereocenters. The number of hydrogen-bond donors (Lipinski definition) is 0. The third-order valence-corrected chi connectivity index (χ3v) is 4.40. The Morgan fingerprint density at radius 1 is 1.47 bits per heavy atom. The van der Waals surface area contributed by atoms with Crippen molar-refractivity contribution < 1.29 is 22.3 Å². The maximum atomic E-state index is 13.0. The number of ether oxygens (including phenoxy) is 1. The molecule has 19 heavy (non-hydrogen) atoms. The number of rotatable bonds is 6. The van der Waals surface area contributed by atoms with Gasteiger partial charge in [0.2, 0.25) is 10.0 Å². The van der Waals surface area contributed by atoms with Crippen molar-refractivity contribution in [3.05, 3.63) is 24.3 Å². The Kier molecular flexibility index (Phi) is 5.37. The number of pyridine rings is 1. The molecule has 0 bridgehead atoms. The summed E-state index contributed by atoms with van der Waals surface area (Å²) in [5.74, 6) is -1.24. The topological polar surface area (TPSA) is 76.6 Å². The van der Waals surface area contributed by atoms with Gasteiger partial charge in [-0.1, -0.05) is 6.92 Å².